The Morgan fingerprint density at radius 3 is 2.74 bits per heavy atom. The van der Waals surface area contributed by atoms with Gasteiger partial charge in [0.25, 0.3) is 5.56 Å². The quantitative estimate of drug-likeness (QED) is 0.310. The van der Waals surface area contributed by atoms with Crippen LogP contribution in [0.4, 0.5) is 0 Å². The fourth-order valence-corrected chi connectivity index (χ4v) is 6.69. The third-order valence-corrected chi connectivity index (χ3v) is 8.44. The lowest BCUT2D eigenvalue weighted by atomic mass is 9.83. The largest absolute Gasteiger partial charge is 0.507 e. The Kier molecular flexibility index (Phi) is 5.72. The summed E-state index contributed by atoms with van der Waals surface area (Å²) in [7, 11) is 0. The summed E-state index contributed by atoms with van der Waals surface area (Å²) in [5, 5.41) is 11.4. The van der Waals surface area contributed by atoms with Crippen LogP contribution < -0.4 is 14.9 Å². The van der Waals surface area contributed by atoms with Crippen LogP contribution in [0.5, 0.6) is 5.75 Å². The van der Waals surface area contributed by atoms with Gasteiger partial charge in [-0.3, -0.25) is 9.36 Å². The van der Waals surface area contributed by atoms with Gasteiger partial charge in [-0.1, -0.05) is 80.8 Å². The van der Waals surface area contributed by atoms with Crippen LogP contribution in [-0.2, 0) is 6.42 Å². The lowest BCUT2D eigenvalue weighted by Crippen LogP contribution is -2.38. The van der Waals surface area contributed by atoms with Crippen molar-refractivity contribution < 1.29 is 5.11 Å². The third kappa shape index (κ3) is 3.89. The molecule has 0 radical (unpaired) electrons. The number of thiazole rings is 1. The van der Waals surface area contributed by atoms with E-state index in [0.29, 0.717) is 24.9 Å². The number of phenols is 1. The highest BCUT2D eigenvalue weighted by molar-refractivity contribution is 9.10. The Balaban J connectivity index is 1.66. The van der Waals surface area contributed by atoms with E-state index in [1.807, 2.05) is 18.2 Å². The van der Waals surface area contributed by atoms with Gasteiger partial charge in [-0.25, -0.2) is 4.99 Å². The monoisotopic (exact) mass is 582 g/mol. The molecular weight excluding hydrogens is 567 g/mol. The molecule has 4 nitrogen and oxygen atoms in total. The maximum atomic E-state index is 13.8. The minimum absolute atomic E-state index is 0.101. The summed E-state index contributed by atoms with van der Waals surface area (Å²) in [5.41, 5.74) is 5.50. The van der Waals surface area contributed by atoms with E-state index in [1.54, 1.807) is 41.0 Å². The van der Waals surface area contributed by atoms with Crippen molar-refractivity contribution in [2.24, 2.45) is 4.99 Å². The Labute approximate surface area is 223 Å². The molecule has 1 unspecified atom stereocenters. The van der Waals surface area contributed by atoms with E-state index < -0.39 is 6.04 Å². The molecule has 6 rings (SSSR count). The molecule has 1 atom stereocenters. The molecule has 1 aromatic heterocycles. The molecule has 1 N–H and O–H groups in total. The standard InChI is InChI=1S/C27H17BrCl2N2O2S/c28-16-6-10-22(33)15(11-16)12-23-26(34)32-25(19-9-7-17(29)13-21(19)30)20-8-5-14-3-1-2-4-18(14)24(20)31-27(32)35-23/h1-4,6-7,9-13,25,33H,5,8H2. The van der Waals surface area contributed by atoms with Crippen molar-refractivity contribution >= 4 is 62.2 Å². The van der Waals surface area contributed by atoms with Crippen molar-refractivity contribution in [1.82, 2.24) is 4.57 Å². The summed E-state index contributed by atoms with van der Waals surface area (Å²) in [6.07, 6.45) is 3.35. The van der Waals surface area contributed by atoms with E-state index >= 15 is 0 Å². The fourth-order valence-electron chi connectivity index (χ4n) is 4.80. The number of nitrogens with zero attached hydrogens (tertiary/aromatic N) is 2. The zero-order valence-electron chi connectivity index (χ0n) is 18.1. The van der Waals surface area contributed by atoms with Gasteiger partial charge < -0.3 is 5.11 Å². The Morgan fingerprint density at radius 2 is 1.91 bits per heavy atom. The maximum Gasteiger partial charge on any atom is 0.271 e. The summed E-state index contributed by atoms with van der Waals surface area (Å²) in [6, 6.07) is 18.4. The van der Waals surface area contributed by atoms with Crippen LogP contribution in [0, 0.1) is 0 Å². The average Bonchev–Trinajstić information content (AvgIpc) is 3.15. The zero-order valence-corrected chi connectivity index (χ0v) is 22.0. The van der Waals surface area contributed by atoms with Crippen molar-refractivity contribution in [2.75, 3.05) is 0 Å². The molecule has 0 saturated heterocycles. The van der Waals surface area contributed by atoms with Crippen LogP contribution in [0.3, 0.4) is 0 Å². The van der Waals surface area contributed by atoms with Crippen LogP contribution in [-0.4, -0.2) is 9.67 Å². The summed E-state index contributed by atoms with van der Waals surface area (Å²) < 4.78 is 3.03. The number of benzene rings is 3. The molecular formula is C27H17BrCl2N2O2S. The predicted octanol–water partition coefficient (Wildman–Crippen LogP) is 6.09. The molecule has 4 aromatic rings. The zero-order chi connectivity index (χ0) is 24.3. The first kappa shape index (κ1) is 22.8. The molecule has 174 valence electrons. The Hall–Kier alpha value is -2.64. The second kappa shape index (κ2) is 8.79. The van der Waals surface area contributed by atoms with Gasteiger partial charge in [0, 0.05) is 25.6 Å². The van der Waals surface area contributed by atoms with Crippen LogP contribution >= 0.6 is 50.5 Å². The summed E-state index contributed by atoms with van der Waals surface area (Å²) in [6.45, 7) is 0. The lowest BCUT2D eigenvalue weighted by molar-refractivity contribution is 0.474. The van der Waals surface area contributed by atoms with Gasteiger partial charge in [0.05, 0.1) is 16.3 Å². The molecule has 35 heavy (non-hydrogen) atoms. The van der Waals surface area contributed by atoms with Gasteiger partial charge in [-0.15, -0.1) is 0 Å². The number of phenolic OH excluding ortho intramolecular Hbond substituents is 1. The maximum absolute atomic E-state index is 13.8. The van der Waals surface area contributed by atoms with Crippen LogP contribution in [0.2, 0.25) is 10.0 Å². The van der Waals surface area contributed by atoms with Gasteiger partial charge in [-0.05, 0) is 65.9 Å². The van der Waals surface area contributed by atoms with Crippen molar-refractivity contribution in [1.29, 1.82) is 0 Å². The molecule has 0 saturated carbocycles. The number of aryl methyl sites for hydroxylation is 1. The van der Waals surface area contributed by atoms with Crippen molar-refractivity contribution in [3.05, 3.63) is 123 Å². The highest BCUT2D eigenvalue weighted by atomic mass is 79.9. The lowest BCUT2D eigenvalue weighted by Gasteiger charge is -2.31. The van der Waals surface area contributed by atoms with Crippen LogP contribution in [0.1, 0.15) is 34.7 Å². The van der Waals surface area contributed by atoms with E-state index in [0.717, 1.165) is 39.7 Å². The highest BCUT2D eigenvalue weighted by Gasteiger charge is 2.33. The molecule has 1 aliphatic heterocycles. The number of halogens is 3. The third-order valence-electron chi connectivity index (χ3n) is 6.41. The number of aromatic hydroxyl groups is 1. The molecule has 0 fully saturated rings. The second-order valence-electron chi connectivity index (χ2n) is 8.48. The molecule has 0 amide bonds. The molecule has 1 aliphatic carbocycles. The predicted molar refractivity (Wildman–Crippen MR) is 145 cm³/mol. The molecule has 8 heteroatoms. The molecule has 3 aromatic carbocycles. The fraction of sp³-hybridized carbons (Fsp3) is 0.111. The summed E-state index contributed by atoms with van der Waals surface area (Å²) in [5.74, 6) is 0.101. The van der Waals surface area contributed by atoms with E-state index in [9.17, 15) is 9.90 Å². The van der Waals surface area contributed by atoms with Gasteiger partial charge in [0.1, 0.15) is 5.75 Å². The normalized spacial score (nSPS) is 17.0. The number of hydrogen-bond acceptors (Lipinski definition) is 4. The van der Waals surface area contributed by atoms with E-state index in [4.69, 9.17) is 28.2 Å². The van der Waals surface area contributed by atoms with Crippen LogP contribution in [0.25, 0.3) is 11.8 Å². The summed E-state index contributed by atoms with van der Waals surface area (Å²) in [4.78, 5) is 19.4. The molecule has 2 heterocycles. The molecule has 0 bridgehead atoms. The van der Waals surface area contributed by atoms with Gasteiger partial charge in [-0.2, -0.15) is 0 Å². The SMILES string of the molecule is O=c1c(=Cc2cc(Br)ccc2O)sc2n1C(c1ccc(Cl)cc1Cl)C1=C(N=2)c2ccccc2CC1. The number of hydrogen-bond donors (Lipinski definition) is 1. The minimum atomic E-state index is -0.391. The van der Waals surface area contributed by atoms with Gasteiger partial charge in [0.15, 0.2) is 4.80 Å². The first-order valence-electron chi connectivity index (χ1n) is 11.0. The number of fused-ring (bicyclic) bond motifs is 3. The summed E-state index contributed by atoms with van der Waals surface area (Å²) >= 11 is 17.6. The highest BCUT2D eigenvalue weighted by Crippen LogP contribution is 2.43. The van der Waals surface area contributed by atoms with E-state index in [1.165, 1.54) is 16.9 Å². The van der Waals surface area contributed by atoms with Crippen molar-refractivity contribution in [3.63, 3.8) is 0 Å². The number of aromatic nitrogens is 1. The average molecular weight is 584 g/mol. The molecule has 2 aliphatic rings. The van der Waals surface area contributed by atoms with E-state index in [2.05, 4.69) is 28.1 Å². The first-order chi connectivity index (χ1) is 16.9. The van der Waals surface area contributed by atoms with Crippen molar-refractivity contribution in [3.8, 4) is 5.75 Å². The van der Waals surface area contributed by atoms with Crippen molar-refractivity contribution in [2.45, 2.75) is 18.9 Å². The number of allylic oxidation sites excluding steroid dienone is 1. The first-order valence-corrected chi connectivity index (χ1v) is 13.3. The second-order valence-corrected chi connectivity index (χ2v) is 11.3. The van der Waals surface area contributed by atoms with Gasteiger partial charge in [0.2, 0.25) is 0 Å². The van der Waals surface area contributed by atoms with Crippen LogP contribution in [0.15, 0.2) is 80.5 Å². The Bertz CT molecular complexity index is 1740. The Morgan fingerprint density at radius 1 is 1.09 bits per heavy atom. The van der Waals surface area contributed by atoms with Gasteiger partial charge >= 0.3 is 0 Å². The topological polar surface area (TPSA) is 54.6 Å². The number of rotatable bonds is 2. The smallest absolute Gasteiger partial charge is 0.271 e. The van der Waals surface area contributed by atoms with E-state index in [-0.39, 0.29) is 11.3 Å². The minimum Gasteiger partial charge on any atom is -0.507 e. The molecule has 0 spiro atoms.